The van der Waals surface area contributed by atoms with Gasteiger partial charge in [-0.25, -0.2) is 4.79 Å². The van der Waals surface area contributed by atoms with Crippen LogP contribution in [0, 0.1) is 0 Å². The highest BCUT2D eigenvalue weighted by atomic mass is 16.5. The lowest BCUT2D eigenvalue weighted by Gasteiger charge is -2.34. The van der Waals surface area contributed by atoms with E-state index in [-0.39, 0.29) is 17.8 Å². The molecule has 0 aliphatic carbocycles. The Kier molecular flexibility index (Phi) is 5.57. The SMILES string of the molecule is COC(=O)c1ccc2[nH]cc(C3CCN(CCN4C(=O)c5cccc6cccc(c56)C4=O)CC3)c2c1. The molecule has 0 atom stereocenters. The van der Waals surface area contributed by atoms with E-state index in [0.29, 0.717) is 35.7 Å². The summed E-state index contributed by atoms with van der Waals surface area (Å²) in [5.41, 5.74) is 3.99. The summed E-state index contributed by atoms with van der Waals surface area (Å²) < 4.78 is 4.88. The molecule has 182 valence electrons. The number of benzene rings is 3. The van der Waals surface area contributed by atoms with E-state index in [2.05, 4.69) is 16.1 Å². The van der Waals surface area contributed by atoms with Crippen molar-refractivity contribution in [3.63, 3.8) is 0 Å². The molecule has 7 heteroatoms. The number of carbonyl (C=O) groups is 3. The number of nitrogens with one attached hydrogen (secondary N) is 1. The van der Waals surface area contributed by atoms with Crippen molar-refractivity contribution in [1.82, 2.24) is 14.8 Å². The largest absolute Gasteiger partial charge is 0.465 e. The van der Waals surface area contributed by atoms with Crippen LogP contribution in [0.2, 0.25) is 0 Å². The van der Waals surface area contributed by atoms with Gasteiger partial charge in [0.2, 0.25) is 0 Å². The number of hydrogen-bond donors (Lipinski definition) is 1. The van der Waals surface area contributed by atoms with Gasteiger partial charge in [0, 0.05) is 46.7 Å². The standard InChI is InChI=1S/C29H27N3O4/c1-36-29(35)20-8-9-25-23(16-20)24(17-30-25)18-10-12-31(13-11-18)14-15-32-27(33)21-6-2-4-19-5-3-7-22(26(19)21)28(32)34/h2-9,16-18,30H,10-15H2,1H3. The van der Waals surface area contributed by atoms with Gasteiger partial charge in [-0.3, -0.25) is 14.5 Å². The molecule has 1 aromatic heterocycles. The van der Waals surface area contributed by atoms with E-state index >= 15 is 0 Å². The quantitative estimate of drug-likeness (QED) is 0.333. The van der Waals surface area contributed by atoms with E-state index in [1.54, 1.807) is 6.07 Å². The summed E-state index contributed by atoms with van der Waals surface area (Å²) in [5, 5.41) is 2.75. The van der Waals surface area contributed by atoms with Gasteiger partial charge in [0.25, 0.3) is 11.8 Å². The first-order valence-electron chi connectivity index (χ1n) is 12.3. The number of piperidine rings is 1. The molecule has 0 bridgehead atoms. The number of likely N-dealkylation sites (tertiary alicyclic amines) is 1. The Balaban J connectivity index is 1.13. The second-order valence-corrected chi connectivity index (χ2v) is 9.58. The first kappa shape index (κ1) is 22.5. The first-order chi connectivity index (χ1) is 17.5. The third-order valence-electron chi connectivity index (χ3n) is 7.66. The summed E-state index contributed by atoms with van der Waals surface area (Å²) in [6.45, 7) is 2.80. The minimum absolute atomic E-state index is 0.209. The zero-order chi connectivity index (χ0) is 24.8. The summed E-state index contributed by atoms with van der Waals surface area (Å²) in [5.74, 6) is -0.371. The number of ether oxygens (including phenoxy) is 1. The maximum atomic E-state index is 13.2. The summed E-state index contributed by atoms with van der Waals surface area (Å²) in [7, 11) is 1.39. The number of hydrogen-bond acceptors (Lipinski definition) is 5. The Labute approximate surface area is 208 Å². The Hall–Kier alpha value is -3.97. The smallest absolute Gasteiger partial charge is 0.337 e. The van der Waals surface area contributed by atoms with Gasteiger partial charge in [-0.05, 0) is 73.1 Å². The van der Waals surface area contributed by atoms with Gasteiger partial charge in [0.1, 0.15) is 0 Å². The fourth-order valence-corrected chi connectivity index (χ4v) is 5.72. The molecule has 0 radical (unpaired) electrons. The van der Waals surface area contributed by atoms with E-state index in [1.807, 2.05) is 48.5 Å². The molecule has 1 saturated heterocycles. The van der Waals surface area contributed by atoms with Crippen LogP contribution in [0.25, 0.3) is 21.7 Å². The molecule has 0 unspecified atom stereocenters. The number of esters is 1. The van der Waals surface area contributed by atoms with Crippen molar-refractivity contribution in [1.29, 1.82) is 0 Å². The maximum absolute atomic E-state index is 13.2. The van der Waals surface area contributed by atoms with Crippen LogP contribution in [0.15, 0.2) is 60.8 Å². The van der Waals surface area contributed by atoms with Crippen molar-refractivity contribution in [2.24, 2.45) is 0 Å². The topological polar surface area (TPSA) is 82.7 Å². The molecule has 1 N–H and O–H groups in total. The van der Waals surface area contributed by atoms with Crippen LogP contribution in [-0.2, 0) is 4.74 Å². The summed E-state index contributed by atoms with van der Waals surface area (Å²) >= 11 is 0. The van der Waals surface area contributed by atoms with Gasteiger partial charge in [-0.1, -0.05) is 24.3 Å². The number of aromatic nitrogens is 1. The minimum Gasteiger partial charge on any atom is -0.465 e. The fourth-order valence-electron chi connectivity index (χ4n) is 5.72. The number of amides is 2. The van der Waals surface area contributed by atoms with Gasteiger partial charge in [0.15, 0.2) is 0 Å². The van der Waals surface area contributed by atoms with Crippen LogP contribution < -0.4 is 0 Å². The van der Waals surface area contributed by atoms with Crippen LogP contribution in [-0.4, -0.2) is 65.9 Å². The van der Waals surface area contributed by atoms with Crippen LogP contribution >= 0.6 is 0 Å². The molecule has 3 aromatic carbocycles. The second kappa shape index (κ2) is 8.91. The number of nitrogens with zero attached hydrogens (tertiary/aromatic N) is 2. The highest BCUT2D eigenvalue weighted by molar-refractivity contribution is 6.25. The zero-order valence-electron chi connectivity index (χ0n) is 20.1. The van der Waals surface area contributed by atoms with E-state index in [9.17, 15) is 14.4 Å². The predicted octanol–water partition coefficient (Wildman–Crippen LogP) is 4.58. The number of carbonyl (C=O) groups excluding carboxylic acids is 3. The highest BCUT2D eigenvalue weighted by Gasteiger charge is 2.33. The molecule has 0 saturated carbocycles. The molecule has 4 aromatic rings. The molecule has 1 fully saturated rings. The lowest BCUT2D eigenvalue weighted by molar-refractivity contribution is 0.0580. The van der Waals surface area contributed by atoms with E-state index in [4.69, 9.17) is 4.74 Å². The minimum atomic E-state index is -0.334. The lowest BCUT2D eigenvalue weighted by atomic mass is 9.89. The van der Waals surface area contributed by atoms with Crippen LogP contribution in [0.5, 0.6) is 0 Å². The van der Waals surface area contributed by atoms with Crippen molar-refractivity contribution in [3.05, 3.63) is 83.0 Å². The summed E-state index contributed by atoms with van der Waals surface area (Å²) in [6.07, 6.45) is 3.99. The van der Waals surface area contributed by atoms with Crippen molar-refractivity contribution in [2.45, 2.75) is 18.8 Å². The Morgan fingerprint density at radius 3 is 2.33 bits per heavy atom. The van der Waals surface area contributed by atoms with E-state index in [0.717, 1.165) is 47.6 Å². The molecule has 6 rings (SSSR count). The molecule has 2 aliphatic heterocycles. The summed E-state index contributed by atoms with van der Waals surface area (Å²) in [6, 6.07) is 16.8. The zero-order valence-corrected chi connectivity index (χ0v) is 20.1. The molecule has 7 nitrogen and oxygen atoms in total. The molecule has 0 spiro atoms. The number of imide groups is 1. The van der Waals surface area contributed by atoms with Crippen LogP contribution in [0.4, 0.5) is 0 Å². The molecular weight excluding hydrogens is 454 g/mol. The van der Waals surface area contributed by atoms with Gasteiger partial charge < -0.3 is 14.6 Å². The van der Waals surface area contributed by atoms with Crippen LogP contribution in [0.1, 0.15) is 55.4 Å². The molecule has 36 heavy (non-hydrogen) atoms. The predicted molar refractivity (Wildman–Crippen MR) is 137 cm³/mol. The third kappa shape index (κ3) is 3.67. The molecule has 2 amide bonds. The van der Waals surface area contributed by atoms with Gasteiger partial charge in [0.05, 0.1) is 12.7 Å². The maximum Gasteiger partial charge on any atom is 0.337 e. The molecular formula is C29H27N3O4. The van der Waals surface area contributed by atoms with Crippen molar-refractivity contribution < 1.29 is 19.1 Å². The number of methoxy groups -OCH3 is 1. The van der Waals surface area contributed by atoms with E-state index < -0.39 is 0 Å². The normalized spacial score (nSPS) is 16.8. The van der Waals surface area contributed by atoms with Crippen molar-refractivity contribution >= 4 is 39.5 Å². The number of fused-ring (bicyclic) bond motifs is 1. The van der Waals surface area contributed by atoms with Gasteiger partial charge >= 0.3 is 5.97 Å². The molecule has 2 aliphatic rings. The van der Waals surface area contributed by atoms with Gasteiger partial charge in [-0.15, -0.1) is 0 Å². The lowest BCUT2D eigenvalue weighted by Crippen LogP contribution is -2.45. The van der Waals surface area contributed by atoms with Crippen LogP contribution in [0.3, 0.4) is 0 Å². The average molecular weight is 482 g/mol. The average Bonchev–Trinajstić information content (AvgIpc) is 3.35. The summed E-state index contributed by atoms with van der Waals surface area (Å²) in [4.78, 5) is 45.4. The Morgan fingerprint density at radius 1 is 0.972 bits per heavy atom. The third-order valence-corrected chi connectivity index (χ3v) is 7.66. The number of H-pyrrole nitrogens is 1. The first-order valence-corrected chi connectivity index (χ1v) is 12.3. The Morgan fingerprint density at radius 2 is 1.67 bits per heavy atom. The van der Waals surface area contributed by atoms with E-state index in [1.165, 1.54) is 17.6 Å². The monoisotopic (exact) mass is 481 g/mol. The van der Waals surface area contributed by atoms with Gasteiger partial charge in [-0.2, -0.15) is 0 Å². The highest BCUT2D eigenvalue weighted by Crippen LogP contribution is 2.34. The number of rotatable bonds is 5. The Bertz CT molecular complexity index is 1460. The molecule has 3 heterocycles. The fraction of sp³-hybridized carbons (Fsp3) is 0.276. The van der Waals surface area contributed by atoms with Crippen molar-refractivity contribution in [3.8, 4) is 0 Å². The second-order valence-electron chi connectivity index (χ2n) is 9.58. The number of aromatic amines is 1. The van der Waals surface area contributed by atoms with Crippen molar-refractivity contribution in [2.75, 3.05) is 33.3 Å².